The van der Waals surface area contributed by atoms with E-state index in [1.54, 1.807) is 36.4 Å². The highest BCUT2D eigenvalue weighted by molar-refractivity contribution is 7.92. The molecule has 0 aliphatic rings. The maximum absolute atomic E-state index is 13.5. The average molecular weight is 475 g/mol. The van der Waals surface area contributed by atoms with E-state index in [1.165, 1.54) is 30.6 Å². The fraction of sp³-hybridized carbons (Fsp3) is 0.261. The third-order valence-electron chi connectivity index (χ3n) is 5.14. The Balaban J connectivity index is 1.93. The van der Waals surface area contributed by atoms with E-state index in [4.69, 9.17) is 4.74 Å². The molecule has 0 radical (unpaired) electrons. The predicted molar refractivity (Wildman–Crippen MR) is 123 cm³/mol. The summed E-state index contributed by atoms with van der Waals surface area (Å²) in [6.07, 6.45) is 2.96. The molecule has 1 unspecified atom stereocenters. The van der Waals surface area contributed by atoms with Crippen molar-refractivity contribution < 1.29 is 21.6 Å². The number of nitrogens with zero attached hydrogens (tertiary/aromatic N) is 1. The summed E-state index contributed by atoms with van der Waals surface area (Å²) in [5.41, 5.74) is 2.19. The summed E-state index contributed by atoms with van der Waals surface area (Å²) in [6.45, 7) is 5.68. The van der Waals surface area contributed by atoms with Gasteiger partial charge in [0, 0.05) is 18.9 Å². The first-order chi connectivity index (χ1) is 15.1. The van der Waals surface area contributed by atoms with Crippen LogP contribution in [0.25, 0.3) is 0 Å². The van der Waals surface area contributed by atoms with Gasteiger partial charge in [0.15, 0.2) is 9.84 Å². The van der Waals surface area contributed by atoms with E-state index < -0.39 is 25.1 Å². The Morgan fingerprint density at radius 3 is 2.22 bits per heavy atom. The Morgan fingerprint density at radius 2 is 1.62 bits per heavy atom. The third kappa shape index (κ3) is 5.35. The van der Waals surface area contributed by atoms with Crippen molar-refractivity contribution in [1.29, 1.82) is 0 Å². The molecule has 0 amide bonds. The van der Waals surface area contributed by atoms with Crippen molar-refractivity contribution in [2.45, 2.75) is 35.8 Å². The number of hydrogen-bond acceptors (Lipinski definition) is 6. The van der Waals surface area contributed by atoms with Crippen molar-refractivity contribution in [1.82, 2.24) is 9.71 Å². The normalized spacial score (nSPS) is 13.0. The summed E-state index contributed by atoms with van der Waals surface area (Å²) in [4.78, 5) is 4.17. The lowest BCUT2D eigenvalue weighted by Gasteiger charge is -2.19. The monoisotopic (exact) mass is 474 g/mol. The minimum absolute atomic E-state index is 0.0696. The summed E-state index contributed by atoms with van der Waals surface area (Å²) >= 11 is 0. The van der Waals surface area contributed by atoms with Crippen LogP contribution < -0.4 is 9.46 Å². The van der Waals surface area contributed by atoms with Crippen LogP contribution in [0.5, 0.6) is 5.75 Å². The summed E-state index contributed by atoms with van der Waals surface area (Å²) < 4.78 is 60.5. The van der Waals surface area contributed by atoms with Crippen molar-refractivity contribution in [3.8, 4) is 5.75 Å². The molecule has 0 fully saturated rings. The quantitative estimate of drug-likeness (QED) is 0.508. The highest BCUT2D eigenvalue weighted by atomic mass is 32.2. The van der Waals surface area contributed by atoms with Gasteiger partial charge >= 0.3 is 0 Å². The molecule has 1 aromatic heterocycles. The molecular weight excluding hydrogens is 448 g/mol. The smallest absolute Gasteiger partial charge is 0.240 e. The van der Waals surface area contributed by atoms with Crippen LogP contribution in [-0.2, 0) is 19.9 Å². The van der Waals surface area contributed by atoms with Crippen LogP contribution in [0, 0.1) is 13.8 Å². The number of hydrogen-bond donors (Lipinski definition) is 1. The maximum atomic E-state index is 13.5. The summed E-state index contributed by atoms with van der Waals surface area (Å²) in [5.74, 6) is 0.555. The van der Waals surface area contributed by atoms with E-state index in [1.807, 2.05) is 20.8 Å². The van der Waals surface area contributed by atoms with Crippen LogP contribution in [0.3, 0.4) is 0 Å². The molecule has 2 aromatic carbocycles. The van der Waals surface area contributed by atoms with Gasteiger partial charge in [0.25, 0.3) is 0 Å². The largest absolute Gasteiger partial charge is 0.494 e. The van der Waals surface area contributed by atoms with Gasteiger partial charge < -0.3 is 4.74 Å². The van der Waals surface area contributed by atoms with Crippen molar-refractivity contribution in [3.05, 3.63) is 83.7 Å². The zero-order valence-corrected chi connectivity index (χ0v) is 19.8. The standard InChI is InChI=1S/C23H26N2O5S2/c1-4-30-20-8-11-21(12-9-20)31(26,27)23(19-6-5-13-24-15-19)16-25-32(28,29)22-10-7-17(2)18(3)14-22/h5-15,23,25H,4,16H2,1-3H3. The topological polar surface area (TPSA) is 102 Å². The highest BCUT2D eigenvalue weighted by Crippen LogP contribution is 2.30. The Labute approximate surface area is 189 Å². The van der Waals surface area contributed by atoms with Gasteiger partial charge in [-0.2, -0.15) is 0 Å². The molecule has 3 rings (SSSR count). The number of nitrogens with one attached hydrogen (secondary N) is 1. The Hall–Kier alpha value is -2.75. The van der Waals surface area contributed by atoms with E-state index in [-0.39, 0.29) is 16.3 Å². The van der Waals surface area contributed by atoms with E-state index >= 15 is 0 Å². The van der Waals surface area contributed by atoms with E-state index in [0.717, 1.165) is 11.1 Å². The fourth-order valence-corrected chi connectivity index (χ4v) is 6.06. The van der Waals surface area contributed by atoms with Crippen LogP contribution in [0.4, 0.5) is 0 Å². The molecule has 0 saturated heterocycles. The first kappa shape index (κ1) is 23.9. The maximum Gasteiger partial charge on any atom is 0.240 e. The van der Waals surface area contributed by atoms with Crippen molar-refractivity contribution in [3.63, 3.8) is 0 Å². The van der Waals surface area contributed by atoms with Gasteiger partial charge in [0.1, 0.15) is 11.0 Å². The molecule has 0 bridgehead atoms. The van der Waals surface area contributed by atoms with Crippen molar-refractivity contribution in [2.75, 3.05) is 13.2 Å². The lowest BCUT2D eigenvalue weighted by atomic mass is 10.1. The average Bonchev–Trinajstić information content (AvgIpc) is 2.77. The molecule has 0 spiro atoms. The first-order valence-corrected chi connectivity index (χ1v) is 13.1. The van der Waals surface area contributed by atoms with Crippen LogP contribution in [-0.4, -0.2) is 35.0 Å². The van der Waals surface area contributed by atoms with Gasteiger partial charge in [-0.25, -0.2) is 21.6 Å². The summed E-state index contributed by atoms with van der Waals surface area (Å²) in [6, 6.07) is 14.1. The Bertz CT molecular complexity index is 1270. The van der Waals surface area contributed by atoms with E-state index in [0.29, 0.717) is 17.9 Å². The summed E-state index contributed by atoms with van der Waals surface area (Å²) in [5, 5.41) is -1.16. The minimum Gasteiger partial charge on any atom is -0.494 e. The molecule has 1 heterocycles. The second kappa shape index (κ2) is 9.81. The van der Waals surface area contributed by atoms with Crippen molar-refractivity contribution in [2.24, 2.45) is 0 Å². The molecule has 0 saturated carbocycles. The number of ether oxygens (including phenoxy) is 1. The van der Waals surface area contributed by atoms with Crippen LogP contribution >= 0.6 is 0 Å². The van der Waals surface area contributed by atoms with E-state index in [9.17, 15) is 16.8 Å². The SMILES string of the molecule is CCOc1ccc(S(=O)(=O)C(CNS(=O)(=O)c2ccc(C)c(C)c2)c2cccnc2)cc1. The molecule has 9 heteroatoms. The minimum atomic E-state index is -3.93. The lowest BCUT2D eigenvalue weighted by molar-refractivity contribution is 0.340. The van der Waals surface area contributed by atoms with Gasteiger partial charge in [0.05, 0.1) is 16.4 Å². The molecule has 32 heavy (non-hydrogen) atoms. The lowest BCUT2D eigenvalue weighted by Crippen LogP contribution is -2.32. The van der Waals surface area contributed by atoms with E-state index in [2.05, 4.69) is 9.71 Å². The zero-order chi connectivity index (χ0) is 23.4. The first-order valence-electron chi connectivity index (χ1n) is 10.1. The molecule has 0 aliphatic heterocycles. The number of sulfone groups is 1. The molecule has 1 atom stereocenters. The number of pyridine rings is 1. The molecular formula is C23H26N2O5S2. The van der Waals surface area contributed by atoms with Gasteiger partial charge in [-0.05, 0) is 79.9 Å². The van der Waals surface area contributed by atoms with Crippen LogP contribution in [0.1, 0.15) is 28.9 Å². The van der Waals surface area contributed by atoms with Crippen LogP contribution in [0.15, 0.2) is 76.8 Å². The Morgan fingerprint density at radius 1 is 0.938 bits per heavy atom. The molecule has 1 N–H and O–H groups in total. The summed E-state index contributed by atoms with van der Waals surface area (Å²) in [7, 11) is -7.84. The second-order valence-electron chi connectivity index (χ2n) is 7.32. The molecule has 170 valence electrons. The number of aromatic nitrogens is 1. The number of sulfonamides is 1. The highest BCUT2D eigenvalue weighted by Gasteiger charge is 2.31. The molecule has 3 aromatic rings. The molecule has 0 aliphatic carbocycles. The fourth-order valence-electron chi connectivity index (χ4n) is 3.18. The second-order valence-corrected chi connectivity index (χ2v) is 11.2. The zero-order valence-electron chi connectivity index (χ0n) is 18.1. The molecule has 7 nitrogen and oxygen atoms in total. The van der Waals surface area contributed by atoms with Gasteiger partial charge in [-0.15, -0.1) is 0 Å². The number of benzene rings is 2. The Kier molecular flexibility index (Phi) is 7.33. The third-order valence-corrected chi connectivity index (χ3v) is 8.68. The number of rotatable bonds is 9. The van der Waals surface area contributed by atoms with Crippen molar-refractivity contribution >= 4 is 19.9 Å². The van der Waals surface area contributed by atoms with Crippen LogP contribution in [0.2, 0.25) is 0 Å². The van der Waals surface area contributed by atoms with Gasteiger partial charge in [-0.3, -0.25) is 4.98 Å². The van der Waals surface area contributed by atoms with Gasteiger partial charge in [0.2, 0.25) is 10.0 Å². The predicted octanol–water partition coefficient (Wildman–Crippen LogP) is 3.59. The number of aryl methyl sites for hydroxylation is 2. The van der Waals surface area contributed by atoms with Gasteiger partial charge in [-0.1, -0.05) is 12.1 Å².